The Balaban J connectivity index is 1.52. The summed E-state index contributed by atoms with van der Waals surface area (Å²) < 4.78 is 40.9. The summed E-state index contributed by atoms with van der Waals surface area (Å²) >= 11 is 12.0. The number of carbonyl (C=O) groups is 1. The number of halogens is 5. The van der Waals surface area contributed by atoms with Crippen LogP contribution in [0.1, 0.15) is 78.1 Å². The van der Waals surface area contributed by atoms with Crippen molar-refractivity contribution in [2.24, 2.45) is 0 Å². The molecule has 1 aliphatic carbocycles. The van der Waals surface area contributed by atoms with Gasteiger partial charge in [-0.05, 0) is 50.3 Å². The maximum absolute atomic E-state index is 13.6. The Labute approximate surface area is 213 Å². The second kappa shape index (κ2) is 11.0. The van der Waals surface area contributed by atoms with E-state index in [1.807, 2.05) is 0 Å². The number of likely N-dealkylation sites (tertiary alicyclic amines) is 1. The maximum atomic E-state index is 13.6. The first kappa shape index (κ1) is 26.2. The second-order valence-electron chi connectivity index (χ2n) is 9.46. The normalized spacial score (nSPS) is 18.2. The lowest BCUT2D eigenvalue weighted by atomic mass is 9.93. The van der Waals surface area contributed by atoms with Gasteiger partial charge in [-0.1, -0.05) is 48.5 Å². The second-order valence-corrected chi connectivity index (χ2v) is 10.3. The minimum atomic E-state index is -4.77. The molecule has 1 aliphatic heterocycles. The molecule has 2 aromatic rings. The highest BCUT2D eigenvalue weighted by Gasteiger charge is 2.37. The Bertz CT molecular complexity index is 1070. The van der Waals surface area contributed by atoms with E-state index in [1.165, 1.54) is 32.1 Å². The Morgan fingerprint density at radius 2 is 1.69 bits per heavy atom. The lowest BCUT2D eigenvalue weighted by Gasteiger charge is -2.35. The van der Waals surface area contributed by atoms with Gasteiger partial charge in [0.25, 0.3) is 5.91 Å². The monoisotopic (exact) mass is 528 g/mol. The number of hydrogen-bond donors (Lipinski definition) is 1. The molecule has 2 aliphatic rings. The van der Waals surface area contributed by atoms with Crippen LogP contribution < -0.4 is 5.32 Å². The summed E-state index contributed by atoms with van der Waals surface area (Å²) in [4.78, 5) is 22.4. The van der Waals surface area contributed by atoms with Crippen molar-refractivity contribution < 1.29 is 18.0 Å². The van der Waals surface area contributed by atoms with E-state index in [0.717, 1.165) is 12.8 Å². The first-order chi connectivity index (χ1) is 16.6. The highest BCUT2D eigenvalue weighted by Crippen LogP contribution is 2.30. The average molecular weight is 529 g/mol. The number of carbonyl (C=O) groups excluding carboxylic acids is 1. The zero-order valence-electron chi connectivity index (χ0n) is 19.6. The van der Waals surface area contributed by atoms with Gasteiger partial charge in [-0.3, -0.25) is 4.79 Å². The fourth-order valence-corrected chi connectivity index (χ4v) is 5.24. The standard InChI is InChI=1S/C25H29Cl2F3N4O/c1-15-21(14-16-7-8-19(26)20(27)13-16)32-24(25(28,29)30)33-22(15)23(35)34-11-9-18(10-12-34)31-17-5-3-2-4-6-17/h7-8,13,17-18,31H,2-6,9-12,14H2,1H3. The number of aromatic nitrogens is 2. The van der Waals surface area contributed by atoms with E-state index in [9.17, 15) is 18.0 Å². The first-order valence-electron chi connectivity index (χ1n) is 12.1. The third-order valence-corrected chi connectivity index (χ3v) is 7.66. The quantitative estimate of drug-likeness (QED) is 0.499. The zero-order chi connectivity index (χ0) is 25.2. The van der Waals surface area contributed by atoms with E-state index in [-0.39, 0.29) is 17.8 Å². The fraction of sp³-hybridized carbons (Fsp3) is 0.560. The van der Waals surface area contributed by atoms with Crippen LogP contribution >= 0.6 is 23.2 Å². The molecule has 190 valence electrons. The van der Waals surface area contributed by atoms with Crippen LogP contribution in [0.5, 0.6) is 0 Å². The summed E-state index contributed by atoms with van der Waals surface area (Å²) in [7, 11) is 0. The van der Waals surface area contributed by atoms with Crippen LogP contribution in [0.15, 0.2) is 18.2 Å². The van der Waals surface area contributed by atoms with Crippen LogP contribution in [0.25, 0.3) is 0 Å². The van der Waals surface area contributed by atoms with Crippen molar-refractivity contribution in [2.45, 2.75) is 76.6 Å². The molecule has 35 heavy (non-hydrogen) atoms. The molecule has 0 radical (unpaired) electrons. The SMILES string of the molecule is Cc1c(Cc2ccc(Cl)c(Cl)c2)nc(C(F)(F)F)nc1C(=O)N1CCC(NC2CCCCC2)CC1. The molecule has 4 rings (SSSR count). The van der Waals surface area contributed by atoms with E-state index in [2.05, 4.69) is 15.3 Å². The van der Waals surface area contributed by atoms with E-state index in [4.69, 9.17) is 23.2 Å². The fourth-order valence-electron chi connectivity index (χ4n) is 4.91. The third kappa shape index (κ3) is 6.46. The number of nitrogens with one attached hydrogen (secondary N) is 1. The summed E-state index contributed by atoms with van der Waals surface area (Å²) in [5, 5.41) is 4.36. The Morgan fingerprint density at radius 1 is 1.03 bits per heavy atom. The van der Waals surface area contributed by atoms with Crippen LogP contribution in [0.3, 0.4) is 0 Å². The molecule has 5 nitrogen and oxygen atoms in total. The summed E-state index contributed by atoms with van der Waals surface area (Å²) in [6.07, 6.45) is 2.98. The molecule has 2 heterocycles. The Morgan fingerprint density at radius 3 is 2.31 bits per heavy atom. The number of nitrogens with zero attached hydrogens (tertiary/aromatic N) is 3. The number of amides is 1. The summed E-state index contributed by atoms with van der Waals surface area (Å²) in [5.74, 6) is -1.79. The molecular weight excluding hydrogens is 500 g/mol. The van der Waals surface area contributed by atoms with Crippen molar-refractivity contribution in [1.82, 2.24) is 20.2 Å². The summed E-state index contributed by atoms with van der Waals surface area (Å²) in [5.41, 5.74) is 0.933. The van der Waals surface area contributed by atoms with Gasteiger partial charge in [0.1, 0.15) is 5.69 Å². The van der Waals surface area contributed by atoms with Crippen LogP contribution in [0, 0.1) is 6.92 Å². The van der Waals surface area contributed by atoms with Crippen molar-refractivity contribution in [3.63, 3.8) is 0 Å². The molecule has 0 spiro atoms. The highest BCUT2D eigenvalue weighted by molar-refractivity contribution is 6.42. The predicted octanol–water partition coefficient (Wildman–Crippen LogP) is 6.23. The van der Waals surface area contributed by atoms with Gasteiger partial charge in [0.05, 0.1) is 15.7 Å². The smallest absolute Gasteiger partial charge is 0.337 e. The minimum Gasteiger partial charge on any atom is -0.337 e. The highest BCUT2D eigenvalue weighted by atomic mass is 35.5. The van der Waals surface area contributed by atoms with E-state index < -0.39 is 17.9 Å². The van der Waals surface area contributed by atoms with Gasteiger partial charge in [-0.15, -0.1) is 0 Å². The van der Waals surface area contributed by atoms with Gasteiger partial charge in [0.15, 0.2) is 0 Å². The van der Waals surface area contributed by atoms with Crippen molar-refractivity contribution in [1.29, 1.82) is 0 Å². The molecule has 1 amide bonds. The zero-order valence-corrected chi connectivity index (χ0v) is 21.1. The van der Waals surface area contributed by atoms with Gasteiger partial charge in [0, 0.05) is 37.2 Å². The predicted molar refractivity (Wildman–Crippen MR) is 130 cm³/mol. The van der Waals surface area contributed by atoms with Crippen molar-refractivity contribution in [3.8, 4) is 0 Å². The van der Waals surface area contributed by atoms with E-state index >= 15 is 0 Å². The van der Waals surface area contributed by atoms with Crippen LogP contribution in [0.2, 0.25) is 10.0 Å². The average Bonchev–Trinajstić information content (AvgIpc) is 2.83. The third-order valence-electron chi connectivity index (χ3n) is 6.92. The first-order valence-corrected chi connectivity index (χ1v) is 12.8. The summed E-state index contributed by atoms with van der Waals surface area (Å²) in [6.45, 7) is 2.56. The molecular formula is C25H29Cl2F3N4O. The van der Waals surface area contributed by atoms with Crippen molar-refractivity contribution >= 4 is 29.1 Å². The molecule has 1 N–H and O–H groups in total. The molecule has 2 fully saturated rings. The van der Waals surface area contributed by atoms with Gasteiger partial charge in [0.2, 0.25) is 5.82 Å². The molecule has 0 bridgehead atoms. The molecule has 1 saturated carbocycles. The van der Waals surface area contributed by atoms with E-state index in [1.54, 1.807) is 30.0 Å². The number of benzene rings is 1. The van der Waals surface area contributed by atoms with Crippen LogP contribution in [-0.2, 0) is 12.6 Å². The topological polar surface area (TPSA) is 58.1 Å². The largest absolute Gasteiger partial charge is 0.451 e. The van der Waals surface area contributed by atoms with E-state index in [0.29, 0.717) is 46.3 Å². The number of rotatable bonds is 5. The van der Waals surface area contributed by atoms with Crippen LogP contribution in [0.4, 0.5) is 13.2 Å². The van der Waals surface area contributed by atoms with Gasteiger partial charge >= 0.3 is 6.18 Å². The molecule has 1 saturated heterocycles. The molecule has 0 unspecified atom stereocenters. The maximum Gasteiger partial charge on any atom is 0.451 e. The van der Waals surface area contributed by atoms with Gasteiger partial charge < -0.3 is 10.2 Å². The number of hydrogen-bond acceptors (Lipinski definition) is 4. The van der Waals surface area contributed by atoms with Gasteiger partial charge in [-0.25, -0.2) is 9.97 Å². The minimum absolute atomic E-state index is 0.0714. The lowest BCUT2D eigenvalue weighted by molar-refractivity contribution is -0.145. The Hall–Kier alpha value is -1.90. The number of piperidine rings is 1. The van der Waals surface area contributed by atoms with Crippen molar-refractivity contribution in [2.75, 3.05) is 13.1 Å². The molecule has 1 aromatic carbocycles. The molecule has 1 aromatic heterocycles. The van der Waals surface area contributed by atoms with Crippen LogP contribution in [-0.4, -0.2) is 45.9 Å². The Kier molecular flexibility index (Phi) is 8.23. The van der Waals surface area contributed by atoms with Gasteiger partial charge in [-0.2, -0.15) is 13.2 Å². The molecule has 10 heteroatoms. The number of alkyl halides is 3. The lowest BCUT2D eigenvalue weighted by Crippen LogP contribution is -2.48. The molecule has 0 atom stereocenters. The summed E-state index contributed by atoms with van der Waals surface area (Å²) in [6, 6.07) is 5.69. The van der Waals surface area contributed by atoms with Crippen molar-refractivity contribution in [3.05, 3.63) is 56.6 Å².